The van der Waals surface area contributed by atoms with E-state index in [1.54, 1.807) is 13.1 Å². The minimum Gasteiger partial charge on any atom is -0.369 e. The number of halogens is 3. The second kappa shape index (κ2) is 3.75. The molecule has 2 N–H and O–H groups in total. The van der Waals surface area contributed by atoms with Crippen LogP contribution < -0.4 is 5.32 Å². The van der Waals surface area contributed by atoms with E-state index in [0.717, 1.165) is 19.4 Å². The van der Waals surface area contributed by atoms with Crippen LogP contribution in [0.4, 0.5) is 19.0 Å². The van der Waals surface area contributed by atoms with Gasteiger partial charge in [-0.1, -0.05) is 0 Å². The standard InChI is InChI=1S/C9H14F3N3/c1-6-4-14-15-7(6)13-5-8(2,3)9(10,11)12/h4H,5H2,1-3H3,(H2,13,14,15). The lowest BCUT2D eigenvalue weighted by molar-refractivity contribution is -0.206. The van der Waals surface area contributed by atoms with Crippen LogP contribution in [0.25, 0.3) is 0 Å². The summed E-state index contributed by atoms with van der Waals surface area (Å²) in [6.45, 7) is 3.91. The molecule has 15 heavy (non-hydrogen) atoms. The lowest BCUT2D eigenvalue weighted by atomic mass is 9.93. The summed E-state index contributed by atoms with van der Waals surface area (Å²) in [6, 6.07) is 0. The molecule has 0 aliphatic carbocycles. The molecule has 0 bridgehead atoms. The van der Waals surface area contributed by atoms with Gasteiger partial charge in [0.1, 0.15) is 5.82 Å². The Labute approximate surface area is 86.1 Å². The van der Waals surface area contributed by atoms with Crippen LogP contribution in [-0.2, 0) is 0 Å². The number of alkyl halides is 3. The van der Waals surface area contributed by atoms with Gasteiger partial charge in [-0.15, -0.1) is 0 Å². The van der Waals surface area contributed by atoms with E-state index in [0.29, 0.717) is 5.82 Å². The summed E-state index contributed by atoms with van der Waals surface area (Å²) in [6.07, 6.45) is -2.66. The van der Waals surface area contributed by atoms with E-state index in [1.807, 2.05) is 0 Å². The largest absolute Gasteiger partial charge is 0.395 e. The van der Waals surface area contributed by atoms with Crippen LogP contribution in [0.15, 0.2) is 6.20 Å². The van der Waals surface area contributed by atoms with Gasteiger partial charge in [0.25, 0.3) is 0 Å². The molecule has 86 valence electrons. The first-order valence-corrected chi connectivity index (χ1v) is 4.54. The average Bonchev–Trinajstić information content (AvgIpc) is 2.46. The zero-order valence-electron chi connectivity index (χ0n) is 8.87. The van der Waals surface area contributed by atoms with Gasteiger partial charge >= 0.3 is 6.18 Å². The lowest BCUT2D eigenvalue weighted by Gasteiger charge is -2.27. The Balaban J connectivity index is 2.61. The number of aromatic amines is 1. The summed E-state index contributed by atoms with van der Waals surface area (Å²) in [5.41, 5.74) is -0.960. The van der Waals surface area contributed by atoms with Gasteiger partial charge in [-0.25, -0.2) is 0 Å². The zero-order valence-corrected chi connectivity index (χ0v) is 8.87. The SMILES string of the molecule is Cc1cn[nH]c1NCC(C)(C)C(F)(F)F. The number of nitrogens with one attached hydrogen (secondary N) is 2. The molecule has 0 radical (unpaired) electrons. The summed E-state index contributed by atoms with van der Waals surface area (Å²) in [5, 5.41) is 9.02. The van der Waals surface area contributed by atoms with Crippen LogP contribution in [-0.4, -0.2) is 22.9 Å². The smallest absolute Gasteiger partial charge is 0.369 e. The third-order valence-corrected chi connectivity index (χ3v) is 2.30. The van der Waals surface area contributed by atoms with Crippen molar-refractivity contribution in [2.24, 2.45) is 5.41 Å². The highest BCUT2D eigenvalue weighted by Gasteiger charge is 2.47. The molecule has 1 rings (SSSR count). The summed E-state index contributed by atoms with van der Waals surface area (Å²) in [4.78, 5) is 0. The summed E-state index contributed by atoms with van der Waals surface area (Å²) >= 11 is 0. The van der Waals surface area contributed by atoms with E-state index in [2.05, 4.69) is 15.5 Å². The van der Waals surface area contributed by atoms with Crippen molar-refractivity contribution < 1.29 is 13.2 Å². The Morgan fingerprint density at radius 2 is 2.00 bits per heavy atom. The molecule has 0 atom stereocenters. The normalized spacial score (nSPS) is 12.9. The third-order valence-electron chi connectivity index (χ3n) is 2.30. The van der Waals surface area contributed by atoms with Gasteiger partial charge < -0.3 is 5.32 Å². The summed E-state index contributed by atoms with van der Waals surface area (Å²) < 4.78 is 37.5. The molecular formula is C9H14F3N3. The first-order chi connectivity index (χ1) is 6.74. The second-order valence-electron chi connectivity index (χ2n) is 4.16. The Morgan fingerprint density at radius 3 is 2.40 bits per heavy atom. The molecule has 1 aromatic rings. The number of H-pyrrole nitrogens is 1. The minimum absolute atomic E-state index is 0.181. The van der Waals surface area contributed by atoms with E-state index in [9.17, 15) is 13.2 Å². The van der Waals surface area contributed by atoms with E-state index < -0.39 is 11.6 Å². The van der Waals surface area contributed by atoms with E-state index in [-0.39, 0.29) is 6.54 Å². The highest BCUT2D eigenvalue weighted by molar-refractivity contribution is 5.41. The molecule has 3 nitrogen and oxygen atoms in total. The fourth-order valence-electron chi connectivity index (χ4n) is 0.935. The van der Waals surface area contributed by atoms with Crippen molar-refractivity contribution in [1.29, 1.82) is 0 Å². The van der Waals surface area contributed by atoms with Gasteiger partial charge in [0.05, 0.1) is 11.6 Å². The number of rotatable bonds is 3. The first kappa shape index (κ1) is 11.9. The monoisotopic (exact) mass is 221 g/mol. The lowest BCUT2D eigenvalue weighted by Crippen LogP contribution is -2.38. The Bertz CT molecular complexity index is 328. The molecule has 0 fully saturated rings. The predicted octanol–water partition coefficient (Wildman–Crippen LogP) is 2.72. The topological polar surface area (TPSA) is 40.7 Å². The molecule has 0 saturated carbocycles. The van der Waals surface area contributed by atoms with Crippen LogP contribution >= 0.6 is 0 Å². The zero-order chi connectivity index (χ0) is 11.7. The Hall–Kier alpha value is -1.20. The number of anilines is 1. The molecule has 0 aliphatic heterocycles. The average molecular weight is 221 g/mol. The van der Waals surface area contributed by atoms with Crippen molar-refractivity contribution in [3.63, 3.8) is 0 Å². The van der Waals surface area contributed by atoms with E-state index >= 15 is 0 Å². The highest BCUT2D eigenvalue weighted by atomic mass is 19.4. The van der Waals surface area contributed by atoms with Crippen molar-refractivity contribution in [2.75, 3.05) is 11.9 Å². The second-order valence-corrected chi connectivity index (χ2v) is 4.16. The molecule has 1 heterocycles. The highest BCUT2D eigenvalue weighted by Crippen LogP contribution is 2.37. The van der Waals surface area contributed by atoms with Gasteiger partial charge in [0, 0.05) is 12.1 Å². The fourth-order valence-corrected chi connectivity index (χ4v) is 0.935. The molecule has 0 saturated heterocycles. The van der Waals surface area contributed by atoms with E-state index in [1.165, 1.54) is 0 Å². The molecule has 0 unspecified atom stereocenters. The molecule has 6 heteroatoms. The predicted molar refractivity (Wildman–Crippen MR) is 51.7 cm³/mol. The summed E-state index contributed by atoms with van der Waals surface area (Å²) in [5.74, 6) is 0.535. The number of hydrogen-bond acceptors (Lipinski definition) is 2. The van der Waals surface area contributed by atoms with Crippen LogP contribution in [0.3, 0.4) is 0 Å². The molecule has 0 spiro atoms. The maximum Gasteiger partial charge on any atom is 0.395 e. The van der Waals surface area contributed by atoms with Crippen molar-refractivity contribution in [2.45, 2.75) is 26.9 Å². The van der Waals surface area contributed by atoms with Crippen LogP contribution in [0.1, 0.15) is 19.4 Å². The van der Waals surface area contributed by atoms with Crippen LogP contribution in [0.5, 0.6) is 0 Å². The Kier molecular flexibility index (Phi) is 2.97. The van der Waals surface area contributed by atoms with Crippen molar-refractivity contribution in [3.05, 3.63) is 11.8 Å². The van der Waals surface area contributed by atoms with Gasteiger partial charge in [0.15, 0.2) is 0 Å². The number of hydrogen-bond donors (Lipinski definition) is 2. The Morgan fingerprint density at radius 1 is 1.40 bits per heavy atom. The van der Waals surface area contributed by atoms with Crippen LogP contribution in [0, 0.1) is 12.3 Å². The quantitative estimate of drug-likeness (QED) is 0.823. The molecule has 0 aromatic carbocycles. The molecule has 0 aliphatic rings. The van der Waals surface area contributed by atoms with Crippen molar-refractivity contribution >= 4 is 5.82 Å². The van der Waals surface area contributed by atoms with Gasteiger partial charge in [-0.05, 0) is 20.8 Å². The number of nitrogens with zero attached hydrogens (tertiary/aromatic N) is 1. The van der Waals surface area contributed by atoms with Gasteiger partial charge in [0.2, 0.25) is 0 Å². The van der Waals surface area contributed by atoms with Gasteiger partial charge in [-0.3, -0.25) is 5.10 Å². The molecular weight excluding hydrogens is 207 g/mol. The maximum atomic E-state index is 12.5. The fraction of sp³-hybridized carbons (Fsp3) is 0.667. The molecule has 0 amide bonds. The number of aromatic nitrogens is 2. The van der Waals surface area contributed by atoms with Crippen molar-refractivity contribution in [3.8, 4) is 0 Å². The minimum atomic E-state index is -4.21. The van der Waals surface area contributed by atoms with Gasteiger partial charge in [-0.2, -0.15) is 18.3 Å². The molecule has 1 aromatic heterocycles. The third kappa shape index (κ3) is 2.64. The van der Waals surface area contributed by atoms with Crippen molar-refractivity contribution in [1.82, 2.24) is 10.2 Å². The van der Waals surface area contributed by atoms with E-state index in [4.69, 9.17) is 0 Å². The summed E-state index contributed by atoms with van der Waals surface area (Å²) in [7, 11) is 0. The number of aryl methyl sites for hydroxylation is 1. The maximum absolute atomic E-state index is 12.5. The van der Waals surface area contributed by atoms with Crippen LogP contribution in [0.2, 0.25) is 0 Å². The first-order valence-electron chi connectivity index (χ1n) is 4.54.